The lowest BCUT2D eigenvalue weighted by Gasteiger charge is -2.35. The maximum Gasteiger partial charge on any atom is 0.252 e. The Kier molecular flexibility index (Phi) is 4.62. The minimum Gasteiger partial charge on any atom is -0.375 e. The van der Waals surface area contributed by atoms with Crippen molar-refractivity contribution >= 4 is 21.4 Å². The van der Waals surface area contributed by atoms with Gasteiger partial charge in [0.05, 0.1) is 12.7 Å². The van der Waals surface area contributed by atoms with E-state index in [9.17, 15) is 8.42 Å². The van der Waals surface area contributed by atoms with Gasteiger partial charge in [-0.05, 0) is 38.9 Å². The Labute approximate surface area is 118 Å². The molecule has 0 amide bonds. The Bertz CT molecular complexity index is 527. The van der Waals surface area contributed by atoms with Gasteiger partial charge in [-0.25, -0.2) is 8.42 Å². The second kappa shape index (κ2) is 5.88. The fourth-order valence-electron chi connectivity index (χ4n) is 2.10. The third-order valence-electron chi connectivity index (χ3n) is 3.14. The minimum absolute atomic E-state index is 0.0607. The summed E-state index contributed by atoms with van der Waals surface area (Å²) in [4.78, 5) is 1.01. The lowest BCUT2D eigenvalue weighted by molar-refractivity contribution is -0.0170. The van der Waals surface area contributed by atoms with Crippen LogP contribution in [0.5, 0.6) is 0 Å². The molecule has 19 heavy (non-hydrogen) atoms. The van der Waals surface area contributed by atoms with E-state index in [-0.39, 0.29) is 12.1 Å². The largest absolute Gasteiger partial charge is 0.375 e. The lowest BCUT2D eigenvalue weighted by atomic mass is 10.2. The van der Waals surface area contributed by atoms with E-state index < -0.39 is 10.0 Å². The maximum absolute atomic E-state index is 12.6. The first-order valence-electron chi connectivity index (χ1n) is 6.37. The summed E-state index contributed by atoms with van der Waals surface area (Å²) in [6.45, 7) is 5.15. The molecule has 0 spiro atoms. The third kappa shape index (κ3) is 3.17. The summed E-state index contributed by atoms with van der Waals surface area (Å²) in [6.07, 6.45) is 0.657. The highest BCUT2D eigenvalue weighted by atomic mass is 32.2. The van der Waals surface area contributed by atoms with Crippen molar-refractivity contribution < 1.29 is 13.2 Å². The molecule has 2 rings (SSSR count). The van der Waals surface area contributed by atoms with Crippen LogP contribution in [0.1, 0.15) is 18.7 Å². The van der Waals surface area contributed by atoms with E-state index in [4.69, 9.17) is 10.5 Å². The van der Waals surface area contributed by atoms with Crippen LogP contribution in [0, 0.1) is 0 Å². The standard InChI is InChI=1S/C12H20N2O3S2/c1-9-8-17-10(2)7-14(9)19(15,16)12-4-3-11(18-12)5-6-13/h3-4,9-10H,5-8,13H2,1-2H3. The molecule has 0 aliphatic carbocycles. The Balaban J connectivity index is 2.24. The van der Waals surface area contributed by atoms with Gasteiger partial charge in [-0.1, -0.05) is 0 Å². The summed E-state index contributed by atoms with van der Waals surface area (Å²) in [5, 5.41) is 0. The first kappa shape index (κ1) is 14.9. The molecule has 1 aromatic heterocycles. The molecule has 2 heterocycles. The molecule has 2 N–H and O–H groups in total. The molecule has 2 unspecified atom stereocenters. The summed E-state index contributed by atoms with van der Waals surface area (Å²) >= 11 is 1.31. The first-order chi connectivity index (χ1) is 8.95. The van der Waals surface area contributed by atoms with E-state index in [2.05, 4.69) is 0 Å². The van der Waals surface area contributed by atoms with Crippen molar-refractivity contribution in [1.29, 1.82) is 0 Å². The van der Waals surface area contributed by atoms with Gasteiger partial charge in [-0.15, -0.1) is 11.3 Å². The summed E-state index contributed by atoms with van der Waals surface area (Å²) in [7, 11) is -3.41. The second-order valence-electron chi connectivity index (χ2n) is 4.83. The molecule has 0 bridgehead atoms. The molecule has 0 radical (unpaired) electrons. The SMILES string of the molecule is CC1CN(S(=O)(=O)c2ccc(CCN)s2)C(C)CO1. The van der Waals surface area contributed by atoms with Crippen LogP contribution in [0.3, 0.4) is 0 Å². The number of nitrogens with zero attached hydrogens (tertiary/aromatic N) is 1. The molecule has 0 saturated carbocycles. The van der Waals surface area contributed by atoms with Crippen molar-refractivity contribution in [1.82, 2.24) is 4.31 Å². The van der Waals surface area contributed by atoms with Gasteiger partial charge in [0.25, 0.3) is 10.0 Å². The molecule has 1 aliphatic heterocycles. The van der Waals surface area contributed by atoms with Crippen molar-refractivity contribution in [3.05, 3.63) is 17.0 Å². The zero-order chi connectivity index (χ0) is 14.0. The van der Waals surface area contributed by atoms with E-state index in [1.54, 1.807) is 10.4 Å². The summed E-state index contributed by atoms with van der Waals surface area (Å²) < 4.78 is 32.6. The highest BCUT2D eigenvalue weighted by Gasteiger charge is 2.34. The molecule has 108 valence electrons. The Morgan fingerprint density at radius 1 is 1.47 bits per heavy atom. The minimum atomic E-state index is -3.41. The average molecular weight is 304 g/mol. The molecule has 1 aliphatic rings. The molecule has 1 aromatic rings. The number of ether oxygens (including phenoxy) is 1. The number of nitrogens with two attached hydrogens (primary N) is 1. The van der Waals surface area contributed by atoms with Gasteiger partial charge in [0, 0.05) is 17.5 Å². The Hall–Kier alpha value is -0.470. The van der Waals surface area contributed by atoms with E-state index in [1.165, 1.54) is 11.3 Å². The van der Waals surface area contributed by atoms with Crippen LogP contribution < -0.4 is 5.73 Å². The van der Waals surface area contributed by atoms with Crippen LogP contribution in [-0.4, -0.2) is 44.6 Å². The fourth-order valence-corrected chi connectivity index (χ4v) is 5.29. The van der Waals surface area contributed by atoms with Gasteiger partial charge < -0.3 is 10.5 Å². The third-order valence-corrected chi connectivity index (χ3v) is 6.73. The summed E-state index contributed by atoms with van der Waals surface area (Å²) in [5.74, 6) is 0. The van der Waals surface area contributed by atoms with E-state index in [0.717, 1.165) is 11.3 Å². The molecule has 1 saturated heterocycles. The Morgan fingerprint density at radius 2 is 2.21 bits per heavy atom. The van der Waals surface area contributed by atoms with Gasteiger partial charge in [0.1, 0.15) is 4.21 Å². The molecular formula is C12H20N2O3S2. The zero-order valence-corrected chi connectivity index (χ0v) is 12.8. The number of morpholine rings is 1. The van der Waals surface area contributed by atoms with Crippen molar-refractivity contribution in [2.24, 2.45) is 5.73 Å². The number of thiophene rings is 1. The average Bonchev–Trinajstić information content (AvgIpc) is 2.82. The maximum atomic E-state index is 12.6. The zero-order valence-electron chi connectivity index (χ0n) is 11.2. The predicted molar refractivity (Wildman–Crippen MR) is 75.8 cm³/mol. The Morgan fingerprint density at radius 3 is 2.89 bits per heavy atom. The number of hydrogen-bond donors (Lipinski definition) is 1. The van der Waals surface area contributed by atoms with Gasteiger partial charge in [0.15, 0.2) is 0 Å². The lowest BCUT2D eigenvalue weighted by Crippen LogP contribution is -2.49. The topological polar surface area (TPSA) is 72.6 Å². The fraction of sp³-hybridized carbons (Fsp3) is 0.667. The molecule has 0 aromatic carbocycles. The van der Waals surface area contributed by atoms with Crippen LogP contribution in [0.15, 0.2) is 16.3 Å². The quantitative estimate of drug-likeness (QED) is 0.902. The van der Waals surface area contributed by atoms with Crippen LogP contribution >= 0.6 is 11.3 Å². The van der Waals surface area contributed by atoms with Crippen molar-refractivity contribution in [2.45, 2.75) is 36.6 Å². The highest BCUT2D eigenvalue weighted by molar-refractivity contribution is 7.91. The van der Waals surface area contributed by atoms with Crippen LogP contribution in [0.2, 0.25) is 0 Å². The summed E-state index contributed by atoms with van der Waals surface area (Å²) in [5.41, 5.74) is 5.49. The van der Waals surface area contributed by atoms with Crippen LogP contribution in [0.4, 0.5) is 0 Å². The smallest absolute Gasteiger partial charge is 0.252 e. The normalized spacial score (nSPS) is 25.6. The van der Waals surface area contributed by atoms with Gasteiger partial charge in [-0.2, -0.15) is 4.31 Å². The summed E-state index contributed by atoms with van der Waals surface area (Å²) in [6, 6.07) is 3.40. The monoisotopic (exact) mass is 304 g/mol. The number of sulfonamides is 1. The van der Waals surface area contributed by atoms with Gasteiger partial charge in [-0.3, -0.25) is 0 Å². The first-order valence-corrected chi connectivity index (χ1v) is 8.63. The second-order valence-corrected chi connectivity index (χ2v) is 8.11. The van der Waals surface area contributed by atoms with E-state index in [0.29, 0.717) is 23.9 Å². The van der Waals surface area contributed by atoms with E-state index >= 15 is 0 Å². The molecule has 2 atom stereocenters. The molecular weight excluding hydrogens is 284 g/mol. The van der Waals surface area contributed by atoms with Crippen molar-refractivity contribution in [3.63, 3.8) is 0 Å². The van der Waals surface area contributed by atoms with Crippen molar-refractivity contribution in [3.8, 4) is 0 Å². The highest BCUT2D eigenvalue weighted by Crippen LogP contribution is 2.28. The number of rotatable bonds is 4. The number of hydrogen-bond acceptors (Lipinski definition) is 5. The van der Waals surface area contributed by atoms with E-state index in [1.807, 2.05) is 19.9 Å². The van der Waals surface area contributed by atoms with Crippen molar-refractivity contribution in [2.75, 3.05) is 19.7 Å². The van der Waals surface area contributed by atoms with Gasteiger partial charge in [0.2, 0.25) is 0 Å². The van der Waals surface area contributed by atoms with Crippen LogP contribution in [0.25, 0.3) is 0 Å². The predicted octanol–water partition coefficient (Wildman–Crippen LogP) is 1.05. The molecule has 1 fully saturated rings. The van der Waals surface area contributed by atoms with Gasteiger partial charge >= 0.3 is 0 Å². The molecule has 5 nitrogen and oxygen atoms in total. The molecule has 7 heteroatoms. The van der Waals surface area contributed by atoms with Crippen LogP contribution in [-0.2, 0) is 21.2 Å².